The maximum atomic E-state index is 6.02. The predicted octanol–water partition coefficient (Wildman–Crippen LogP) is 6.05. The van der Waals surface area contributed by atoms with Crippen LogP contribution < -0.4 is 0 Å². The number of rotatable bonds is 10. The standard InChI is InChI=1S/C14H23OPS2/c1-3-5-7-11-14(15-16-17,10-6-4-2)13-9-8-12-18-13/h8-9,12H,3-7,10-11H2,1-2H3. The summed E-state index contributed by atoms with van der Waals surface area (Å²) in [6.07, 6.45) is 8.36. The molecule has 0 fully saturated rings. The Morgan fingerprint density at radius 3 is 2.50 bits per heavy atom. The van der Waals surface area contributed by atoms with E-state index in [4.69, 9.17) is 16.3 Å². The van der Waals surface area contributed by atoms with Crippen LogP contribution in [-0.2, 0) is 21.9 Å². The fourth-order valence-electron chi connectivity index (χ4n) is 2.24. The van der Waals surface area contributed by atoms with E-state index in [1.54, 1.807) is 11.3 Å². The summed E-state index contributed by atoms with van der Waals surface area (Å²) in [6.45, 7) is 4.47. The van der Waals surface area contributed by atoms with Gasteiger partial charge in [-0.3, -0.25) is 0 Å². The van der Waals surface area contributed by atoms with Crippen LogP contribution in [0.2, 0.25) is 0 Å². The van der Waals surface area contributed by atoms with Crippen molar-refractivity contribution in [2.75, 3.05) is 0 Å². The van der Waals surface area contributed by atoms with E-state index in [1.807, 2.05) is 0 Å². The molecule has 4 heteroatoms. The summed E-state index contributed by atoms with van der Waals surface area (Å²) in [5.41, 5.74) is -0.122. The minimum absolute atomic E-state index is 0.122. The minimum Gasteiger partial charge on any atom is -0.305 e. The SMILES string of the molecule is CCCCCC(CCCC)(OP=S)c1cccs1. The van der Waals surface area contributed by atoms with Gasteiger partial charge in [0.25, 0.3) is 0 Å². The molecule has 0 saturated carbocycles. The number of unbranched alkanes of at least 4 members (excludes halogenated alkanes) is 3. The fourth-order valence-corrected chi connectivity index (χ4v) is 4.07. The van der Waals surface area contributed by atoms with Gasteiger partial charge >= 0.3 is 0 Å². The number of hydrogen-bond donors (Lipinski definition) is 0. The highest BCUT2D eigenvalue weighted by Crippen LogP contribution is 2.41. The summed E-state index contributed by atoms with van der Waals surface area (Å²) in [5, 5.41) is 2.14. The number of hydrogen-bond acceptors (Lipinski definition) is 3. The molecular weight excluding hydrogens is 279 g/mol. The van der Waals surface area contributed by atoms with Crippen molar-refractivity contribution in [3.8, 4) is 0 Å². The van der Waals surface area contributed by atoms with Crippen molar-refractivity contribution in [3.63, 3.8) is 0 Å². The third kappa shape index (κ3) is 4.70. The Morgan fingerprint density at radius 1 is 1.22 bits per heavy atom. The van der Waals surface area contributed by atoms with Crippen molar-refractivity contribution in [1.82, 2.24) is 0 Å². The highest BCUT2D eigenvalue weighted by atomic mass is 32.4. The summed E-state index contributed by atoms with van der Waals surface area (Å²) in [4.78, 5) is 1.35. The van der Waals surface area contributed by atoms with E-state index in [0.717, 1.165) is 12.8 Å². The van der Waals surface area contributed by atoms with E-state index in [9.17, 15) is 0 Å². The largest absolute Gasteiger partial charge is 0.305 e. The van der Waals surface area contributed by atoms with Gasteiger partial charge in [0.15, 0.2) is 0 Å². The van der Waals surface area contributed by atoms with Crippen molar-refractivity contribution < 1.29 is 4.52 Å². The molecular formula is C14H23OPS2. The van der Waals surface area contributed by atoms with Gasteiger partial charge in [-0.15, -0.1) is 11.3 Å². The smallest absolute Gasteiger partial charge is 0.137 e. The van der Waals surface area contributed by atoms with Crippen LogP contribution in [0.3, 0.4) is 0 Å². The zero-order valence-corrected chi connectivity index (χ0v) is 13.9. The Morgan fingerprint density at radius 2 is 1.94 bits per heavy atom. The zero-order chi connectivity index (χ0) is 13.3. The van der Waals surface area contributed by atoms with Crippen LogP contribution in [0.1, 0.15) is 63.7 Å². The second-order valence-electron chi connectivity index (χ2n) is 4.70. The first kappa shape index (κ1) is 16.2. The molecule has 1 heterocycles. The first-order valence-corrected chi connectivity index (χ1v) is 9.54. The van der Waals surface area contributed by atoms with E-state index < -0.39 is 0 Å². The second-order valence-corrected chi connectivity index (χ2v) is 6.42. The first-order chi connectivity index (χ1) is 8.79. The Kier molecular flexibility index (Phi) is 8.25. The van der Waals surface area contributed by atoms with Gasteiger partial charge in [-0.25, -0.2) is 0 Å². The van der Waals surface area contributed by atoms with Gasteiger partial charge in [0.2, 0.25) is 0 Å². The summed E-state index contributed by atoms with van der Waals surface area (Å²) in [6, 6.07) is 4.32. The topological polar surface area (TPSA) is 9.23 Å². The quantitative estimate of drug-likeness (QED) is 0.384. The molecule has 1 aromatic rings. The lowest BCUT2D eigenvalue weighted by molar-refractivity contribution is 0.0675. The molecule has 1 unspecified atom stereocenters. The molecule has 0 amide bonds. The Hall–Kier alpha value is 0.180. The second kappa shape index (κ2) is 9.14. The molecule has 0 aliphatic carbocycles. The van der Waals surface area contributed by atoms with E-state index in [0.29, 0.717) is 7.58 Å². The third-order valence-electron chi connectivity index (χ3n) is 3.30. The van der Waals surface area contributed by atoms with Gasteiger partial charge < -0.3 is 4.52 Å². The maximum Gasteiger partial charge on any atom is 0.137 e. The molecule has 0 saturated heterocycles. The van der Waals surface area contributed by atoms with Crippen molar-refractivity contribution in [2.45, 2.75) is 64.4 Å². The Bertz CT molecular complexity index is 327. The summed E-state index contributed by atoms with van der Waals surface area (Å²) < 4.78 is 6.02. The molecule has 0 radical (unpaired) electrons. The highest BCUT2D eigenvalue weighted by molar-refractivity contribution is 7.94. The fraction of sp³-hybridized carbons (Fsp3) is 0.714. The van der Waals surface area contributed by atoms with Gasteiger partial charge in [0.05, 0.1) is 0 Å². The molecule has 0 spiro atoms. The molecule has 18 heavy (non-hydrogen) atoms. The van der Waals surface area contributed by atoms with Crippen molar-refractivity contribution >= 4 is 30.7 Å². The molecule has 1 aromatic heterocycles. The third-order valence-corrected chi connectivity index (χ3v) is 5.00. The van der Waals surface area contributed by atoms with Crippen LogP contribution in [0.25, 0.3) is 0 Å². The lowest BCUT2D eigenvalue weighted by Gasteiger charge is -2.31. The van der Waals surface area contributed by atoms with Crippen LogP contribution >= 0.6 is 18.9 Å². The van der Waals surface area contributed by atoms with Gasteiger partial charge in [0.1, 0.15) is 13.2 Å². The molecule has 0 aliphatic heterocycles. The molecule has 0 N–H and O–H groups in total. The van der Waals surface area contributed by atoms with E-state index in [2.05, 4.69) is 31.4 Å². The van der Waals surface area contributed by atoms with E-state index in [1.165, 1.54) is 37.0 Å². The van der Waals surface area contributed by atoms with Crippen molar-refractivity contribution in [1.29, 1.82) is 0 Å². The first-order valence-electron chi connectivity index (χ1n) is 6.84. The van der Waals surface area contributed by atoms with Crippen LogP contribution in [0.5, 0.6) is 0 Å². The van der Waals surface area contributed by atoms with Crippen molar-refractivity contribution in [2.24, 2.45) is 0 Å². The molecule has 0 aliphatic rings. The Labute approximate surface area is 122 Å². The average molecular weight is 302 g/mol. The van der Waals surface area contributed by atoms with E-state index >= 15 is 0 Å². The molecule has 0 aromatic carbocycles. The lowest BCUT2D eigenvalue weighted by atomic mass is 9.89. The molecule has 1 rings (SSSR count). The maximum absolute atomic E-state index is 6.02. The highest BCUT2D eigenvalue weighted by Gasteiger charge is 2.33. The zero-order valence-electron chi connectivity index (χ0n) is 11.4. The number of thiophene rings is 1. The minimum atomic E-state index is -0.122. The normalized spacial score (nSPS) is 14.8. The monoisotopic (exact) mass is 302 g/mol. The van der Waals surface area contributed by atoms with Gasteiger partial charge in [-0.05, 0) is 36.1 Å². The average Bonchev–Trinajstić information content (AvgIpc) is 2.90. The van der Waals surface area contributed by atoms with Gasteiger partial charge in [0, 0.05) is 4.88 Å². The summed E-state index contributed by atoms with van der Waals surface area (Å²) in [5.74, 6) is 0. The van der Waals surface area contributed by atoms with Crippen LogP contribution in [0, 0.1) is 0 Å². The summed E-state index contributed by atoms with van der Waals surface area (Å²) >= 11 is 6.86. The lowest BCUT2D eigenvalue weighted by Crippen LogP contribution is -2.25. The molecule has 1 nitrogen and oxygen atoms in total. The van der Waals surface area contributed by atoms with Crippen molar-refractivity contribution in [3.05, 3.63) is 22.4 Å². The molecule has 102 valence electrons. The molecule has 1 atom stereocenters. The Balaban J connectivity index is 2.82. The molecule has 0 bridgehead atoms. The van der Waals surface area contributed by atoms with Gasteiger partial charge in [-0.2, -0.15) is 0 Å². The van der Waals surface area contributed by atoms with Crippen LogP contribution in [0.15, 0.2) is 17.5 Å². The van der Waals surface area contributed by atoms with Crippen LogP contribution in [0.4, 0.5) is 0 Å². The van der Waals surface area contributed by atoms with Gasteiger partial charge in [-0.1, -0.05) is 52.0 Å². The van der Waals surface area contributed by atoms with E-state index in [-0.39, 0.29) is 5.60 Å². The van der Waals surface area contributed by atoms with Crippen LogP contribution in [-0.4, -0.2) is 0 Å². The summed E-state index contributed by atoms with van der Waals surface area (Å²) in [7, 11) is 0.633. The predicted molar refractivity (Wildman–Crippen MR) is 85.0 cm³/mol.